The molecule has 0 aliphatic heterocycles. The second-order valence-electron chi connectivity index (χ2n) is 2.62. The van der Waals surface area contributed by atoms with Gasteiger partial charge in [0.2, 0.25) is 0 Å². The number of nitrogens with two attached hydrogens (primary N) is 1. The Bertz CT molecular complexity index is 66.8. The smallest absolute Gasteiger partial charge is 0.0247 e. The van der Waals surface area contributed by atoms with Crippen LogP contribution < -0.4 is 11.1 Å². The first-order chi connectivity index (χ1) is 3.62. The van der Waals surface area contributed by atoms with Crippen molar-refractivity contribution in [2.24, 2.45) is 5.73 Å². The Morgan fingerprint density at radius 2 is 1.70 bits per heavy atom. The standard InChI is InChI=1S/C6H16N2.2ClH/c1-4-8-6(2,3)5-7;;/h8H,4-5,7H2,1-3H3;2*1H. The highest BCUT2D eigenvalue weighted by atomic mass is 35.5. The summed E-state index contributed by atoms with van der Waals surface area (Å²) in [5.41, 5.74) is 5.55. The minimum atomic E-state index is 0. The molecule has 0 saturated carbocycles. The predicted octanol–water partition coefficient (Wildman–Crippen LogP) is 1.18. The first-order valence-electron chi connectivity index (χ1n) is 3.07. The number of nitrogens with one attached hydrogen (secondary N) is 1. The molecule has 0 aromatic heterocycles. The zero-order chi connectivity index (χ0) is 6.62. The van der Waals surface area contributed by atoms with Gasteiger partial charge in [-0.1, -0.05) is 6.92 Å². The number of halogens is 2. The predicted molar refractivity (Wildman–Crippen MR) is 51.3 cm³/mol. The van der Waals surface area contributed by atoms with Gasteiger partial charge >= 0.3 is 0 Å². The summed E-state index contributed by atoms with van der Waals surface area (Å²) in [6.07, 6.45) is 0. The van der Waals surface area contributed by atoms with Crippen LogP contribution in [0.2, 0.25) is 0 Å². The Morgan fingerprint density at radius 3 is 1.80 bits per heavy atom. The molecule has 2 nitrogen and oxygen atoms in total. The monoisotopic (exact) mass is 188 g/mol. The van der Waals surface area contributed by atoms with E-state index in [1.807, 2.05) is 0 Å². The van der Waals surface area contributed by atoms with E-state index in [4.69, 9.17) is 5.73 Å². The van der Waals surface area contributed by atoms with E-state index < -0.39 is 0 Å². The van der Waals surface area contributed by atoms with E-state index >= 15 is 0 Å². The Kier molecular flexibility index (Phi) is 12.8. The first-order valence-corrected chi connectivity index (χ1v) is 3.07. The van der Waals surface area contributed by atoms with Crippen LogP contribution in [0.5, 0.6) is 0 Å². The van der Waals surface area contributed by atoms with E-state index in [1.54, 1.807) is 0 Å². The third kappa shape index (κ3) is 8.50. The lowest BCUT2D eigenvalue weighted by Gasteiger charge is -2.22. The summed E-state index contributed by atoms with van der Waals surface area (Å²) in [5.74, 6) is 0. The minimum absolute atomic E-state index is 0. The van der Waals surface area contributed by atoms with Crippen LogP contribution in [0.15, 0.2) is 0 Å². The van der Waals surface area contributed by atoms with Crippen molar-refractivity contribution < 1.29 is 0 Å². The molecule has 0 rings (SSSR count). The minimum Gasteiger partial charge on any atom is -0.329 e. The van der Waals surface area contributed by atoms with E-state index in [0.717, 1.165) is 6.54 Å². The Hall–Kier alpha value is 0.500. The summed E-state index contributed by atoms with van der Waals surface area (Å²) < 4.78 is 0. The van der Waals surface area contributed by atoms with E-state index in [-0.39, 0.29) is 30.4 Å². The van der Waals surface area contributed by atoms with E-state index in [2.05, 4.69) is 26.1 Å². The van der Waals surface area contributed by atoms with Gasteiger partial charge in [0.1, 0.15) is 0 Å². The third-order valence-electron chi connectivity index (χ3n) is 1.17. The van der Waals surface area contributed by atoms with Crippen molar-refractivity contribution in [1.82, 2.24) is 5.32 Å². The van der Waals surface area contributed by atoms with Crippen LogP contribution in [0.1, 0.15) is 20.8 Å². The van der Waals surface area contributed by atoms with E-state index in [9.17, 15) is 0 Å². The van der Waals surface area contributed by atoms with Crippen molar-refractivity contribution >= 4 is 24.8 Å². The molecule has 0 atom stereocenters. The molecule has 0 aromatic rings. The van der Waals surface area contributed by atoms with Gasteiger partial charge < -0.3 is 11.1 Å². The van der Waals surface area contributed by atoms with Gasteiger partial charge in [-0.05, 0) is 20.4 Å². The molecule has 0 aliphatic rings. The second-order valence-corrected chi connectivity index (χ2v) is 2.62. The summed E-state index contributed by atoms with van der Waals surface area (Å²) in [4.78, 5) is 0. The third-order valence-corrected chi connectivity index (χ3v) is 1.17. The Labute approximate surface area is 75.8 Å². The molecule has 0 radical (unpaired) electrons. The Balaban J connectivity index is -0.000000245. The molecule has 0 bridgehead atoms. The van der Waals surface area contributed by atoms with Gasteiger partial charge in [0.25, 0.3) is 0 Å². The van der Waals surface area contributed by atoms with E-state index in [1.165, 1.54) is 0 Å². The summed E-state index contributed by atoms with van der Waals surface area (Å²) >= 11 is 0. The number of hydrogen-bond donors (Lipinski definition) is 2. The number of hydrogen-bond acceptors (Lipinski definition) is 2. The molecule has 10 heavy (non-hydrogen) atoms. The van der Waals surface area contributed by atoms with Gasteiger partial charge in [-0.25, -0.2) is 0 Å². The highest BCUT2D eigenvalue weighted by Crippen LogP contribution is 1.95. The lowest BCUT2D eigenvalue weighted by molar-refractivity contribution is 0.410. The average molecular weight is 189 g/mol. The van der Waals surface area contributed by atoms with Gasteiger partial charge in [0, 0.05) is 12.1 Å². The fourth-order valence-corrected chi connectivity index (χ4v) is 0.551. The fourth-order valence-electron chi connectivity index (χ4n) is 0.551. The molecule has 0 amide bonds. The van der Waals surface area contributed by atoms with Gasteiger partial charge in [-0.3, -0.25) is 0 Å². The van der Waals surface area contributed by atoms with Crippen LogP contribution in [-0.4, -0.2) is 18.6 Å². The number of likely N-dealkylation sites (N-methyl/N-ethyl adjacent to an activating group) is 1. The topological polar surface area (TPSA) is 38.0 Å². The maximum Gasteiger partial charge on any atom is 0.0247 e. The average Bonchev–Trinajstić information content (AvgIpc) is 1.67. The van der Waals surface area contributed by atoms with Crippen LogP contribution in [0, 0.1) is 0 Å². The molecule has 66 valence electrons. The molecule has 0 spiro atoms. The highest BCUT2D eigenvalue weighted by molar-refractivity contribution is 5.85. The summed E-state index contributed by atoms with van der Waals surface area (Å²) in [7, 11) is 0. The molecule has 0 saturated heterocycles. The fraction of sp³-hybridized carbons (Fsp3) is 1.00. The van der Waals surface area contributed by atoms with Crippen LogP contribution in [0.4, 0.5) is 0 Å². The maximum atomic E-state index is 5.43. The molecule has 0 aliphatic carbocycles. The first kappa shape index (κ1) is 16.8. The zero-order valence-electron chi connectivity index (χ0n) is 6.81. The number of rotatable bonds is 3. The van der Waals surface area contributed by atoms with Crippen LogP contribution in [-0.2, 0) is 0 Å². The van der Waals surface area contributed by atoms with Crippen molar-refractivity contribution in [3.8, 4) is 0 Å². The molecule has 0 heterocycles. The largest absolute Gasteiger partial charge is 0.329 e. The molecule has 0 aromatic carbocycles. The maximum absolute atomic E-state index is 5.43. The lowest BCUT2D eigenvalue weighted by atomic mass is 10.1. The van der Waals surface area contributed by atoms with E-state index in [0.29, 0.717) is 6.54 Å². The quantitative estimate of drug-likeness (QED) is 0.699. The van der Waals surface area contributed by atoms with Crippen molar-refractivity contribution in [1.29, 1.82) is 0 Å². The molecular formula is C6H18Cl2N2. The van der Waals surface area contributed by atoms with Crippen LogP contribution >= 0.6 is 24.8 Å². The van der Waals surface area contributed by atoms with Gasteiger partial charge in [0.15, 0.2) is 0 Å². The molecule has 4 heteroatoms. The Morgan fingerprint density at radius 1 is 1.30 bits per heavy atom. The van der Waals surface area contributed by atoms with Crippen molar-refractivity contribution in [3.05, 3.63) is 0 Å². The lowest BCUT2D eigenvalue weighted by Crippen LogP contribution is -2.45. The van der Waals surface area contributed by atoms with Crippen LogP contribution in [0.25, 0.3) is 0 Å². The normalized spacial score (nSPS) is 9.60. The van der Waals surface area contributed by atoms with Gasteiger partial charge in [-0.2, -0.15) is 0 Å². The van der Waals surface area contributed by atoms with Crippen molar-refractivity contribution in [2.45, 2.75) is 26.3 Å². The van der Waals surface area contributed by atoms with Crippen LogP contribution in [0.3, 0.4) is 0 Å². The van der Waals surface area contributed by atoms with Gasteiger partial charge in [-0.15, -0.1) is 24.8 Å². The SMILES string of the molecule is CCNC(C)(C)CN.Cl.Cl. The second kappa shape index (κ2) is 7.61. The summed E-state index contributed by atoms with van der Waals surface area (Å²) in [6.45, 7) is 7.95. The molecular weight excluding hydrogens is 171 g/mol. The van der Waals surface area contributed by atoms with Gasteiger partial charge in [0.05, 0.1) is 0 Å². The zero-order valence-corrected chi connectivity index (χ0v) is 8.44. The highest BCUT2D eigenvalue weighted by Gasteiger charge is 2.11. The van der Waals surface area contributed by atoms with Crippen molar-refractivity contribution in [2.75, 3.05) is 13.1 Å². The van der Waals surface area contributed by atoms with Crippen molar-refractivity contribution in [3.63, 3.8) is 0 Å². The summed E-state index contributed by atoms with van der Waals surface area (Å²) in [5, 5.41) is 3.25. The molecule has 3 N–H and O–H groups in total. The summed E-state index contributed by atoms with van der Waals surface area (Å²) in [6, 6.07) is 0. The molecule has 0 fully saturated rings. The molecule has 0 unspecified atom stereocenters.